The number of nitrogens with one attached hydrogen (secondary N) is 2. The number of piperidine rings is 1. The molecule has 5 nitrogen and oxygen atoms in total. The highest BCUT2D eigenvalue weighted by molar-refractivity contribution is 5.93. The highest BCUT2D eigenvalue weighted by atomic mass is 16.2. The Hall–Kier alpha value is -1.88. The van der Waals surface area contributed by atoms with Crippen LogP contribution in [0.2, 0.25) is 0 Å². The van der Waals surface area contributed by atoms with Crippen molar-refractivity contribution in [2.75, 3.05) is 18.4 Å². The molecule has 2 amide bonds. The van der Waals surface area contributed by atoms with Crippen LogP contribution < -0.4 is 16.0 Å². The Bertz CT molecular complexity index is 519. The molecule has 5 heteroatoms. The number of anilines is 1. The summed E-state index contributed by atoms with van der Waals surface area (Å²) < 4.78 is 0. The van der Waals surface area contributed by atoms with Crippen LogP contribution in [0.5, 0.6) is 0 Å². The Morgan fingerprint density at radius 3 is 2.36 bits per heavy atom. The summed E-state index contributed by atoms with van der Waals surface area (Å²) in [6.07, 6.45) is 2.53. The zero-order valence-electron chi connectivity index (χ0n) is 13.4. The first-order chi connectivity index (χ1) is 10.5. The van der Waals surface area contributed by atoms with E-state index in [0.717, 1.165) is 38.0 Å². The van der Waals surface area contributed by atoms with Gasteiger partial charge in [0.05, 0.1) is 13.1 Å². The normalized spacial score (nSPS) is 22.8. The minimum atomic E-state index is -0.216. The molecule has 0 saturated carbocycles. The molecule has 0 aliphatic carbocycles. The van der Waals surface area contributed by atoms with Crippen LogP contribution in [0.4, 0.5) is 5.69 Å². The highest BCUT2D eigenvalue weighted by Gasteiger charge is 2.31. The molecule has 1 fully saturated rings. The van der Waals surface area contributed by atoms with Crippen molar-refractivity contribution in [1.82, 2.24) is 0 Å². The smallest absolute Gasteiger partial charge is 0.282 e. The van der Waals surface area contributed by atoms with Gasteiger partial charge in [-0.15, -0.1) is 0 Å². The van der Waals surface area contributed by atoms with Crippen molar-refractivity contribution in [3.8, 4) is 0 Å². The number of aryl methyl sites for hydroxylation is 1. The molecule has 0 aromatic heterocycles. The van der Waals surface area contributed by atoms with Crippen molar-refractivity contribution in [1.29, 1.82) is 0 Å². The average Bonchev–Trinajstić information content (AvgIpc) is 2.55. The van der Waals surface area contributed by atoms with E-state index in [4.69, 9.17) is 5.73 Å². The van der Waals surface area contributed by atoms with Gasteiger partial charge in [-0.3, -0.25) is 9.59 Å². The quantitative estimate of drug-likeness (QED) is 0.734. The molecule has 2 rings (SSSR count). The van der Waals surface area contributed by atoms with Crippen LogP contribution >= 0.6 is 0 Å². The number of quaternary nitrogens is 1. The first-order valence-electron chi connectivity index (χ1n) is 8.05. The van der Waals surface area contributed by atoms with E-state index in [-0.39, 0.29) is 23.8 Å². The molecular formula is C17H26N3O2+. The lowest BCUT2D eigenvalue weighted by molar-refractivity contribution is -0.919. The number of primary amides is 1. The molecule has 0 unspecified atom stereocenters. The van der Waals surface area contributed by atoms with Gasteiger partial charge in [0, 0.05) is 24.4 Å². The lowest BCUT2D eigenvalue weighted by Crippen LogP contribution is -3.17. The Morgan fingerprint density at radius 2 is 1.86 bits per heavy atom. The van der Waals surface area contributed by atoms with Crippen molar-refractivity contribution < 1.29 is 14.5 Å². The van der Waals surface area contributed by atoms with Crippen LogP contribution in [-0.4, -0.2) is 30.9 Å². The van der Waals surface area contributed by atoms with Crippen LogP contribution in [-0.2, 0) is 16.0 Å². The van der Waals surface area contributed by atoms with Crippen molar-refractivity contribution >= 4 is 17.5 Å². The fourth-order valence-electron chi connectivity index (χ4n) is 2.97. The maximum Gasteiger partial charge on any atom is 0.282 e. The molecule has 120 valence electrons. The zero-order chi connectivity index (χ0) is 16.1. The number of amides is 2. The van der Waals surface area contributed by atoms with Crippen molar-refractivity contribution in [3.05, 3.63) is 29.8 Å². The second-order valence-electron chi connectivity index (χ2n) is 6.10. The minimum absolute atomic E-state index is 0.0248. The second-order valence-corrected chi connectivity index (χ2v) is 6.10. The average molecular weight is 304 g/mol. The van der Waals surface area contributed by atoms with Crippen molar-refractivity contribution in [3.63, 3.8) is 0 Å². The van der Waals surface area contributed by atoms with E-state index < -0.39 is 0 Å². The fourth-order valence-corrected chi connectivity index (χ4v) is 2.97. The molecule has 1 aromatic carbocycles. The Balaban J connectivity index is 1.88. The summed E-state index contributed by atoms with van der Waals surface area (Å²) in [7, 11) is 0. The molecule has 1 aliphatic heterocycles. The molecule has 1 atom stereocenters. The molecule has 22 heavy (non-hydrogen) atoms. The van der Waals surface area contributed by atoms with Gasteiger partial charge in [0.2, 0.25) is 5.91 Å². The molecule has 1 aliphatic rings. The van der Waals surface area contributed by atoms with E-state index in [1.807, 2.05) is 31.2 Å². The van der Waals surface area contributed by atoms with E-state index in [1.165, 1.54) is 10.5 Å². The summed E-state index contributed by atoms with van der Waals surface area (Å²) in [5, 5.41) is 2.97. The van der Waals surface area contributed by atoms with Crippen LogP contribution in [0.3, 0.4) is 0 Å². The summed E-state index contributed by atoms with van der Waals surface area (Å²) >= 11 is 0. The summed E-state index contributed by atoms with van der Waals surface area (Å²) in [5.74, 6) is -0.218. The lowest BCUT2D eigenvalue weighted by Gasteiger charge is -2.31. The van der Waals surface area contributed by atoms with Gasteiger partial charge in [-0.1, -0.05) is 19.1 Å². The molecule has 0 bridgehead atoms. The predicted octanol–water partition coefficient (Wildman–Crippen LogP) is 0.356. The number of carbonyl (C=O) groups is 2. The molecule has 0 spiro atoms. The Labute approximate surface area is 131 Å². The third kappa shape index (κ3) is 4.07. The zero-order valence-corrected chi connectivity index (χ0v) is 13.4. The third-order valence-electron chi connectivity index (χ3n) is 4.67. The number of rotatable bonds is 5. The number of hydrogen-bond donors (Lipinski definition) is 3. The molecule has 4 N–H and O–H groups in total. The first-order valence-corrected chi connectivity index (χ1v) is 8.05. The largest absolute Gasteiger partial charge is 0.369 e. The molecule has 1 saturated heterocycles. The molecule has 1 aromatic rings. The third-order valence-corrected chi connectivity index (χ3v) is 4.67. The van der Waals surface area contributed by atoms with Gasteiger partial charge < -0.3 is 16.0 Å². The minimum Gasteiger partial charge on any atom is -0.369 e. The van der Waals surface area contributed by atoms with Gasteiger partial charge in [0.1, 0.15) is 0 Å². The lowest BCUT2D eigenvalue weighted by atomic mass is 9.95. The van der Waals surface area contributed by atoms with E-state index in [9.17, 15) is 9.59 Å². The van der Waals surface area contributed by atoms with Crippen LogP contribution in [0, 0.1) is 5.92 Å². The summed E-state index contributed by atoms with van der Waals surface area (Å²) in [6.45, 7) is 5.68. The molecular weight excluding hydrogens is 278 g/mol. The highest BCUT2D eigenvalue weighted by Crippen LogP contribution is 2.11. The van der Waals surface area contributed by atoms with E-state index in [1.54, 1.807) is 0 Å². The number of likely N-dealkylation sites (tertiary alicyclic amines) is 1. The van der Waals surface area contributed by atoms with E-state index in [2.05, 4.69) is 12.2 Å². The van der Waals surface area contributed by atoms with Gasteiger partial charge in [-0.05, 0) is 31.0 Å². The van der Waals surface area contributed by atoms with Gasteiger partial charge in [-0.25, -0.2) is 0 Å². The van der Waals surface area contributed by atoms with E-state index >= 15 is 0 Å². The monoisotopic (exact) mass is 304 g/mol. The topological polar surface area (TPSA) is 76.6 Å². The van der Waals surface area contributed by atoms with E-state index in [0.29, 0.717) is 0 Å². The van der Waals surface area contributed by atoms with Crippen LogP contribution in [0.25, 0.3) is 0 Å². The molecule has 0 radical (unpaired) electrons. The number of nitrogens with two attached hydrogens (primary N) is 1. The number of benzene rings is 1. The first kappa shape index (κ1) is 16.5. The van der Waals surface area contributed by atoms with Gasteiger partial charge >= 0.3 is 0 Å². The maximum atomic E-state index is 12.4. The summed E-state index contributed by atoms with van der Waals surface area (Å²) in [5.41, 5.74) is 7.44. The standard InChI is InChI=1S/C17H25N3O2/c1-3-13-4-6-15(7-5-13)19-17(22)12(2)20-10-8-14(9-11-20)16(18)21/h4-7,12,14H,3,8-11H2,1-2H3,(H2,18,21)(H,19,22)/p+1/t12-/m1/s1. The SMILES string of the molecule is CCc1ccc(NC(=O)[C@@H](C)[NH+]2CCC(C(N)=O)CC2)cc1. The van der Waals surface area contributed by atoms with Gasteiger partial charge in [0.15, 0.2) is 6.04 Å². The van der Waals surface area contributed by atoms with Crippen molar-refractivity contribution in [2.24, 2.45) is 11.7 Å². The summed E-state index contributed by atoms with van der Waals surface area (Å²) in [6, 6.07) is 7.83. The van der Waals surface area contributed by atoms with Crippen LogP contribution in [0.1, 0.15) is 32.3 Å². The number of carbonyl (C=O) groups excluding carboxylic acids is 2. The van der Waals surface area contributed by atoms with Gasteiger partial charge in [0.25, 0.3) is 5.91 Å². The van der Waals surface area contributed by atoms with Crippen LogP contribution in [0.15, 0.2) is 24.3 Å². The number of hydrogen-bond acceptors (Lipinski definition) is 2. The molecule has 1 heterocycles. The summed E-state index contributed by atoms with van der Waals surface area (Å²) in [4.78, 5) is 24.8. The predicted molar refractivity (Wildman–Crippen MR) is 86.5 cm³/mol. The maximum absolute atomic E-state index is 12.4. The van der Waals surface area contributed by atoms with Crippen molar-refractivity contribution in [2.45, 2.75) is 39.2 Å². The van der Waals surface area contributed by atoms with Gasteiger partial charge in [-0.2, -0.15) is 0 Å². The Morgan fingerprint density at radius 1 is 1.27 bits per heavy atom. The second kappa shape index (κ2) is 7.40. The Kier molecular flexibility index (Phi) is 5.55. The fraction of sp³-hybridized carbons (Fsp3) is 0.529.